The van der Waals surface area contributed by atoms with Crippen LogP contribution in [-0.2, 0) is 22.5 Å². The minimum atomic E-state index is -0.681. The van der Waals surface area contributed by atoms with Crippen LogP contribution in [0.15, 0.2) is 24.4 Å². The third-order valence-corrected chi connectivity index (χ3v) is 3.88. The molecule has 1 heterocycles. The first-order valence-corrected chi connectivity index (χ1v) is 7.19. The molecule has 1 N–H and O–H groups in total. The number of aromatic nitrogens is 2. The van der Waals surface area contributed by atoms with Crippen LogP contribution in [0.1, 0.15) is 46.1 Å². The fourth-order valence-corrected chi connectivity index (χ4v) is 2.71. The molecule has 0 amide bonds. The maximum atomic E-state index is 13.9. The minimum Gasteiger partial charge on any atom is -0.465 e. The highest BCUT2D eigenvalue weighted by Gasteiger charge is 2.22. The predicted molar refractivity (Wildman–Crippen MR) is 76.8 cm³/mol. The average molecular weight is 304 g/mol. The van der Waals surface area contributed by atoms with Crippen LogP contribution in [0.25, 0.3) is 0 Å². The summed E-state index contributed by atoms with van der Waals surface area (Å²) in [7, 11) is 1.23. The zero-order chi connectivity index (χ0) is 15.5. The van der Waals surface area contributed by atoms with E-state index < -0.39 is 11.8 Å². The van der Waals surface area contributed by atoms with Gasteiger partial charge < -0.3 is 9.47 Å². The van der Waals surface area contributed by atoms with Gasteiger partial charge in [-0.3, -0.25) is 5.10 Å². The van der Waals surface area contributed by atoms with Gasteiger partial charge in [0.15, 0.2) is 0 Å². The smallest absolute Gasteiger partial charge is 0.340 e. The molecule has 6 heteroatoms. The van der Waals surface area contributed by atoms with Crippen molar-refractivity contribution in [3.63, 3.8) is 0 Å². The van der Waals surface area contributed by atoms with Gasteiger partial charge in [-0.05, 0) is 42.5 Å². The highest BCUT2D eigenvalue weighted by molar-refractivity contribution is 5.89. The van der Waals surface area contributed by atoms with E-state index in [1.807, 2.05) is 6.20 Å². The van der Waals surface area contributed by atoms with Crippen molar-refractivity contribution >= 4 is 5.97 Å². The molecule has 0 spiro atoms. The summed E-state index contributed by atoms with van der Waals surface area (Å²) in [5.41, 5.74) is 2.80. The highest BCUT2D eigenvalue weighted by Crippen LogP contribution is 2.31. The summed E-state index contributed by atoms with van der Waals surface area (Å²) in [5, 5.41) is 7.02. The number of methoxy groups -OCH3 is 1. The quantitative estimate of drug-likeness (QED) is 0.882. The SMILES string of the molecule is COC(=O)c1ccc(CO[C@H]2CCCc3cn[nH]c32)cc1F. The number of hydrogen-bond acceptors (Lipinski definition) is 4. The summed E-state index contributed by atoms with van der Waals surface area (Å²) in [5.74, 6) is -1.28. The van der Waals surface area contributed by atoms with Gasteiger partial charge >= 0.3 is 5.97 Å². The van der Waals surface area contributed by atoms with Crippen LogP contribution >= 0.6 is 0 Å². The molecule has 0 aliphatic heterocycles. The summed E-state index contributed by atoms with van der Waals surface area (Å²) >= 11 is 0. The first-order valence-electron chi connectivity index (χ1n) is 7.19. The van der Waals surface area contributed by atoms with Gasteiger partial charge in [-0.1, -0.05) is 6.07 Å². The van der Waals surface area contributed by atoms with Crippen LogP contribution in [0.5, 0.6) is 0 Å². The second-order valence-electron chi connectivity index (χ2n) is 5.31. The topological polar surface area (TPSA) is 64.2 Å². The lowest BCUT2D eigenvalue weighted by molar-refractivity contribution is 0.0253. The van der Waals surface area contributed by atoms with Crippen molar-refractivity contribution in [3.8, 4) is 0 Å². The predicted octanol–water partition coefficient (Wildman–Crippen LogP) is 2.93. The summed E-state index contributed by atoms with van der Waals surface area (Å²) in [6.07, 6.45) is 4.75. The normalized spacial score (nSPS) is 17.1. The van der Waals surface area contributed by atoms with Gasteiger partial charge in [0.1, 0.15) is 5.82 Å². The molecule has 1 aliphatic carbocycles. The lowest BCUT2D eigenvalue weighted by atomic mass is 9.96. The number of aromatic amines is 1. The minimum absolute atomic E-state index is 0.0467. The maximum Gasteiger partial charge on any atom is 0.340 e. The molecule has 5 nitrogen and oxygen atoms in total. The molecule has 3 rings (SSSR count). The third kappa shape index (κ3) is 2.87. The maximum absolute atomic E-state index is 13.9. The Morgan fingerprint density at radius 2 is 2.36 bits per heavy atom. The molecule has 0 saturated carbocycles. The number of halogens is 1. The number of carbonyl (C=O) groups is 1. The Balaban J connectivity index is 1.68. The number of esters is 1. The van der Waals surface area contributed by atoms with Crippen molar-refractivity contribution in [2.24, 2.45) is 0 Å². The van der Waals surface area contributed by atoms with Crippen molar-refractivity contribution in [3.05, 3.63) is 52.6 Å². The van der Waals surface area contributed by atoms with E-state index in [0.717, 1.165) is 25.0 Å². The zero-order valence-corrected chi connectivity index (χ0v) is 12.3. The van der Waals surface area contributed by atoms with Crippen molar-refractivity contribution in [2.45, 2.75) is 32.0 Å². The third-order valence-electron chi connectivity index (χ3n) is 3.88. The number of ether oxygens (including phenoxy) is 2. The van der Waals surface area contributed by atoms with Gasteiger partial charge in [-0.25, -0.2) is 9.18 Å². The van der Waals surface area contributed by atoms with Crippen molar-refractivity contribution in [1.82, 2.24) is 10.2 Å². The van der Waals surface area contributed by atoms with E-state index in [4.69, 9.17) is 4.74 Å². The fraction of sp³-hybridized carbons (Fsp3) is 0.375. The second kappa shape index (κ2) is 6.27. The number of hydrogen-bond donors (Lipinski definition) is 1. The largest absolute Gasteiger partial charge is 0.465 e. The first-order chi connectivity index (χ1) is 10.7. The fourth-order valence-electron chi connectivity index (χ4n) is 2.71. The molecular weight excluding hydrogens is 287 g/mol. The number of carbonyl (C=O) groups excluding carboxylic acids is 1. The summed E-state index contributed by atoms with van der Waals surface area (Å²) in [6, 6.07) is 4.40. The van der Waals surface area contributed by atoms with Crippen molar-refractivity contribution < 1.29 is 18.7 Å². The second-order valence-corrected chi connectivity index (χ2v) is 5.31. The number of fused-ring (bicyclic) bond motifs is 1. The van der Waals surface area contributed by atoms with Crippen LogP contribution in [0.2, 0.25) is 0 Å². The number of aryl methyl sites for hydroxylation is 1. The molecule has 2 aromatic rings. The number of benzene rings is 1. The summed E-state index contributed by atoms with van der Waals surface area (Å²) < 4.78 is 24.3. The molecule has 0 fully saturated rings. The average Bonchev–Trinajstić information content (AvgIpc) is 3.01. The first kappa shape index (κ1) is 14.7. The molecule has 0 bridgehead atoms. The Labute approximate surface area is 127 Å². The van der Waals surface area contributed by atoms with Crippen LogP contribution in [0.4, 0.5) is 4.39 Å². The molecule has 1 aliphatic rings. The monoisotopic (exact) mass is 304 g/mol. The molecule has 1 atom stereocenters. The molecule has 0 unspecified atom stereocenters. The van der Waals surface area contributed by atoms with Crippen molar-refractivity contribution in [1.29, 1.82) is 0 Å². The molecule has 0 saturated heterocycles. The van der Waals surface area contributed by atoms with Gasteiger partial charge in [0.2, 0.25) is 0 Å². The van der Waals surface area contributed by atoms with Gasteiger partial charge in [-0.2, -0.15) is 5.10 Å². The Morgan fingerprint density at radius 1 is 1.50 bits per heavy atom. The number of H-pyrrole nitrogens is 1. The van der Waals surface area contributed by atoms with E-state index >= 15 is 0 Å². The molecule has 0 radical (unpaired) electrons. The summed E-state index contributed by atoms with van der Waals surface area (Å²) in [4.78, 5) is 11.4. The van der Waals surface area contributed by atoms with Gasteiger partial charge in [0.05, 0.1) is 37.3 Å². The van der Waals surface area contributed by atoms with E-state index in [1.165, 1.54) is 24.8 Å². The van der Waals surface area contributed by atoms with Crippen LogP contribution in [0.3, 0.4) is 0 Å². The Bertz CT molecular complexity index is 684. The van der Waals surface area contributed by atoms with Crippen molar-refractivity contribution in [2.75, 3.05) is 7.11 Å². The van der Waals surface area contributed by atoms with E-state index in [9.17, 15) is 9.18 Å². The zero-order valence-electron chi connectivity index (χ0n) is 12.3. The standard InChI is InChI=1S/C16H17FN2O3/c1-21-16(20)12-6-5-10(7-13(12)17)9-22-14-4-2-3-11-8-18-19-15(11)14/h5-8,14H,2-4,9H2,1H3,(H,18,19)/t14-/m0/s1. The Hall–Kier alpha value is -2.21. The van der Waals surface area contributed by atoms with E-state index in [2.05, 4.69) is 14.9 Å². The van der Waals surface area contributed by atoms with Gasteiger partial charge in [-0.15, -0.1) is 0 Å². The molecule has 116 valence electrons. The molecule has 1 aromatic carbocycles. The number of rotatable bonds is 4. The molecule has 22 heavy (non-hydrogen) atoms. The van der Waals surface area contributed by atoms with Crippen LogP contribution < -0.4 is 0 Å². The lowest BCUT2D eigenvalue weighted by Gasteiger charge is -2.22. The van der Waals surface area contributed by atoms with Crippen LogP contribution in [-0.4, -0.2) is 23.3 Å². The lowest BCUT2D eigenvalue weighted by Crippen LogP contribution is -2.12. The van der Waals surface area contributed by atoms with E-state index in [0.29, 0.717) is 5.56 Å². The summed E-state index contributed by atoms with van der Waals surface area (Å²) in [6.45, 7) is 0.279. The van der Waals surface area contributed by atoms with E-state index in [1.54, 1.807) is 6.07 Å². The highest BCUT2D eigenvalue weighted by atomic mass is 19.1. The number of nitrogens with zero attached hydrogens (tertiary/aromatic N) is 1. The Kier molecular flexibility index (Phi) is 4.20. The van der Waals surface area contributed by atoms with Gasteiger partial charge in [0.25, 0.3) is 0 Å². The molecular formula is C16H17FN2O3. The Morgan fingerprint density at radius 3 is 3.14 bits per heavy atom. The number of nitrogens with one attached hydrogen (secondary N) is 1. The molecule has 1 aromatic heterocycles. The van der Waals surface area contributed by atoms with E-state index in [-0.39, 0.29) is 18.3 Å². The van der Waals surface area contributed by atoms with Crippen LogP contribution in [0, 0.1) is 5.82 Å². The van der Waals surface area contributed by atoms with Gasteiger partial charge in [0, 0.05) is 0 Å².